The van der Waals surface area contributed by atoms with Gasteiger partial charge in [0.05, 0.1) is 6.54 Å². The fraction of sp³-hybridized carbons (Fsp3) is 0.286. The van der Waals surface area contributed by atoms with E-state index in [2.05, 4.69) is 5.32 Å². The van der Waals surface area contributed by atoms with Crippen LogP contribution in [0.1, 0.15) is 12.7 Å². The topological polar surface area (TPSA) is 25.2 Å². The maximum Gasteiger partial charge on any atom is 0.288 e. The smallest absolute Gasteiger partial charge is 0.288 e. The number of furan rings is 1. The Hall–Kier alpha value is -1.33. The van der Waals surface area contributed by atoms with Crippen molar-refractivity contribution in [2.45, 2.75) is 24.1 Å². The summed E-state index contributed by atoms with van der Waals surface area (Å²) >= 11 is 0.545. The van der Waals surface area contributed by atoms with Crippen LogP contribution in [-0.4, -0.2) is 12.3 Å². The molecule has 2 nitrogen and oxygen atoms in total. The molecular formula is C14H15F2NOS. The molecule has 0 spiro atoms. The Morgan fingerprint density at radius 3 is 2.53 bits per heavy atom. The Morgan fingerprint density at radius 1 is 1.16 bits per heavy atom. The standard InChI is InChI=1S/C14H15F2NOS/c1-2-17-9-11-5-8-13(18-11)10-3-6-12(7-4-10)19-14(15)16/h3-8,14,17H,2,9H2,1H3. The van der Waals surface area contributed by atoms with Crippen LogP contribution in [0.2, 0.25) is 0 Å². The zero-order valence-electron chi connectivity index (χ0n) is 10.5. The van der Waals surface area contributed by atoms with Gasteiger partial charge < -0.3 is 9.73 Å². The van der Waals surface area contributed by atoms with E-state index in [9.17, 15) is 8.78 Å². The Balaban J connectivity index is 2.07. The first kappa shape index (κ1) is 14.1. The molecular weight excluding hydrogens is 268 g/mol. The van der Waals surface area contributed by atoms with E-state index in [0.29, 0.717) is 23.2 Å². The van der Waals surface area contributed by atoms with E-state index in [0.717, 1.165) is 23.6 Å². The predicted molar refractivity (Wildman–Crippen MR) is 73.4 cm³/mol. The minimum Gasteiger partial charge on any atom is -0.460 e. The SMILES string of the molecule is CCNCc1ccc(-c2ccc(SC(F)F)cc2)o1. The van der Waals surface area contributed by atoms with E-state index in [-0.39, 0.29) is 0 Å². The summed E-state index contributed by atoms with van der Waals surface area (Å²) in [5, 5.41) is 3.18. The molecule has 0 saturated heterocycles. The monoisotopic (exact) mass is 283 g/mol. The van der Waals surface area contributed by atoms with Crippen LogP contribution in [0, 0.1) is 0 Å². The summed E-state index contributed by atoms with van der Waals surface area (Å²) < 4.78 is 30.1. The van der Waals surface area contributed by atoms with Gasteiger partial charge in [-0.3, -0.25) is 0 Å². The minimum absolute atomic E-state index is 0.545. The van der Waals surface area contributed by atoms with E-state index in [1.165, 1.54) is 0 Å². The van der Waals surface area contributed by atoms with Gasteiger partial charge in [0, 0.05) is 10.5 Å². The second-order valence-electron chi connectivity index (χ2n) is 3.95. The van der Waals surface area contributed by atoms with Crippen LogP contribution < -0.4 is 5.32 Å². The average molecular weight is 283 g/mol. The number of alkyl halides is 2. The molecule has 0 atom stereocenters. The largest absolute Gasteiger partial charge is 0.460 e. The van der Waals surface area contributed by atoms with Gasteiger partial charge in [-0.15, -0.1) is 0 Å². The number of rotatable bonds is 6. The lowest BCUT2D eigenvalue weighted by Crippen LogP contribution is -2.10. The van der Waals surface area contributed by atoms with Crippen molar-refractivity contribution < 1.29 is 13.2 Å². The number of halogens is 2. The van der Waals surface area contributed by atoms with Crippen molar-refractivity contribution >= 4 is 11.8 Å². The lowest BCUT2D eigenvalue weighted by molar-refractivity contribution is 0.252. The van der Waals surface area contributed by atoms with Crippen LogP contribution in [0.25, 0.3) is 11.3 Å². The highest BCUT2D eigenvalue weighted by atomic mass is 32.2. The Kier molecular flexibility index (Phi) is 4.99. The normalized spacial score (nSPS) is 11.2. The zero-order valence-corrected chi connectivity index (χ0v) is 11.3. The molecule has 102 valence electrons. The van der Waals surface area contributed by atoms with Gasteiger partial charge in [-0.25, -0.2) is 0 Å². The molecule has 1 N–H and O–H groups in total. The van der Waals surface area contributed by atoms with Crippen molar-refractivity contribution in [3.63, 3.8) is 0 Å². The summed E-state index contributed by atoms with van der Waals surface area (Å²) in [5.74, 6) is -0.773. The highest BCUT2D eigenvalue weighted by Gasteiger charge is 2.07. The lowest BCUT2D eigenvalue weighted by atomic mass is 10.2. The molecule has 0 radical (unpaired) electrons. The maximum absolute atomic E-state index is 12.2. The van der Waals surface area contributed by atoms with Crippen molar-refractivity contribution in [2.24, 2.45) is 0 Å². The van der Waals surface area contributed by atoms with E-state index in [1.807, 2.05) is 19.1 Å². The van der Waals surface area contributed by atoms with Gasteiger partial charge in [-0.05, 0) is 30.8 Å². The van der Waals surface area contributed by atoms with Crippen molar-refractivity contribution in [1.82, 2.24) is 5.32 Å². The van der Waals surface area contributed by atoms with Crippen LogP contribution >= 0.6 is 11.8 Å². The number of hydrogen-bond donors (Lipinski definition) is 1. The van der Waals surface area contributed by atoms with Gasteiger partial charge in [0.1, 0.15) is 11.5 Å². The summed E-state index contributed by atoms with van der Waals surface area (Å²) in [7, 11) is 0. The molecule has 0 bridgehead atoms. The second-order valence-corrected chi connectivity index (χ2v) is 5.01. The molecule has 0 aliphatic rings. The van der Waals surface area contributed by atoms with Gasteiger partial charge in [0.2, 0.25) is 0 Å². The van der Waals surface area contributed by atoms with Crippen molar-refractivity contribution in [1.29, 1.82) is 0 Å². The summed E-state index contributed by atoms with van der Waals surface area (Å²) in [6.07, 6.45) is 0. The Bertz CT molecular complexity index is 510. The number of benzene rings is 1. The minimum atomic E-state index is -2.39. The first-order valence-electron chi connectivity index (χ1n) is 6.03. The Labute approximate surface area is 115 Å². The molecule has 0 aliphatic carbocycles. The molecule has 5 heteroatoms. The highest BCUT2D eigenvalue weighted by Crippen LogP contribution is 2.28. The molecule has 1 aromatic heterocycles. The predicted octanol–water partition coefficient (Wildman–Crippen LogP) is 4.37. The molecule has 1 aromatic carbocycles. The lowest BCUT2D eigenvalue weighted by Gasteiger charge is -2.02. The quantitative estimate of drug-likeness (QED) is 0.797. The number of hydrogen-bond acceptors (Lipinski definition) is 3. The van der Waals surface area contributed by atoms with E-state index < -0.39 is 5.76 Å². The first-order chi connectivity index (χ1) is 9.19. The first-order valence-corrected chi connectivity index (χ1v) is 6.91. The van der Waals surface area contributed by atoms with Crippen molar-refractivity contribution in [3.8, 4) is 11.3 Å². The van der Waals surface area contributed by atoms with Gasteiger partial charge in [-0.2, -0.15) is 8.78 Å². The van der Waals surface area contributed by atoms with Crippen LogP contribution in [0.15, 0.2) is 45.7 Å². The summed E-state index contributed by atoms with van der Waals surface area (Å²) in [4.78, 5) is 0.554. The van der Waals surface area contributed by atoms with Gasteiger partial charge in [-0.1, -0.05) is 30.8 Å². The van der Waals surface area contributed by atoms with Gasteiger partial charge in [0.25, 0.3) is 5.76 Å². The van der Waals surface area contributed by atoms with Gasteiger partial charge >= 0.3 is 0 Å². The fourth-order valence-electron chi connectivity index (χ4n) is 1.68. The number of nitrogens with one attached hydrogen (secondary N) is 1. The molecule has 19 heavy (non-hydrogen) atoms. The Morgan fingerprint density at radius 2 is 1.89 bits per heavy atom. The fourth-order valence-corrected chi connectivity index (χ4v) is 2.18. The van der Waals surface area contributed by atoms with Crippen molar-refractivity contribution in [2.75, 3.05) is 6.54 Å². The molecule has 1 heterocycles. The molecule has 0 unspecified atom stereocenters. The molecule has 0 fully saturated rings. The van der Waals surface area contributed by atoms with E-state index in [4.69, 9.17) is 4.42 Å². The summed E-state index contributed by atoms with van der Waals surface area (Å²) in [6.45, 7) is 3.61. The van der Waals surface area contributed by atoms with Crippen LogP contribution in [0.3, 0.4) is 0 Å². The van der Waals surface area contributed by atoms with Crippen LogP contribution in [-0.2, 0) is 6.54 Å². The van der Waals surface area contributed by atoms with Crippen LogP contribution in [0.5, 0.6) is 0 Å². The maximum atomic E-state index is 12.2. The summed E-state index contributed by atoms with van der Waals surface area (Å²) in [5.41, 5.74) is 0.890. The molecule has 0 aliphatic heterocycles. The molecule has 0 amide bonds. The second kappa shape index (κ2) is 6.73. The number of thioether (sulfide) groups is 1. The van der Waals surface area contributed by atoms with Crippen LogP contribution in [0.4, 0.5) is 8.78 Å². The highest BCUT2D eigenvalue weighted by molar-refractivity contribution is 7.99. The summed E-state index contributed by atoms with van der Waals surface area (Å²) in [6, 6.07) is 10.8. The van der Waals surface area contributed by atoms with E-state index in [1.54, 1.807) is 24.3 Å². The average Bonchev–Trinajstić information content (AvgIpc) is 2.85. The zero-order chi connectivity index (χ0) is 13.7. The molecule has 2 rings (SSSR count). The third-order valence-corrected chi connectivity index (χ3v) is 3.30. The molecule has 2 aromatic rings. The van der Waals surface area contributed by atoms with Gasteiger partial charge in [0.15, 0.2) is 0 Å². The third kappa shape index (κ3) is 4.08. The molecule has 0 saturated carbocycles. The van der Waals surface area contributed by atoms with E-state index >= 15 is 0 Å². The third-order valence-electron chi connectivity index (χ3n) is 2.57. The van der Waals surface area contributed by atoms with Crippen molar-refractivity contribution in [3.05, 3.63) is 42.2 Å².